The number of alkyl halides is 3. The minimum absolute atomic E-state index is 0.226. The third-order valence-electron chi connectivity index (χ3n) is 2.70. The van der Waals surface area contributed by atoms with Gasteiger partial charge in [0, 0.05) is 6.61 Å². The molecule has 1 unspecified atom stereocenters. The van der Waals surface area contributed by atoms with Crippen LogP contribution in [-0.2, 0) is 0 Å². The lowest BCUT2D eigenvalue weighted by Gasteiger charge is -2.22. The fraction of sp³-hybridized carbons (Fsp3) is 0.500. The zero-order chi connectivity index (χ0) is 13.8. The van der Waals surface area contributed by atoms with Crippen molar-refractivity contribution in [2.24, 2.45) is 5.92 Å². The molecule has 18 heavy (non-hydrogen) atoms. The Hall–Kier alpha value is -1.14. The molecule has 0 aliphatic rings. The number of hydrogen-bond acceptors (Lipinski definition) is 2. The molecule has 102 valence electrons. The topological polar surface area (TPSA) is 40.5 Å². The number of aliphatic hydroxyl groups excluding tert-OH is 2. The van der Waals surface area contributed by atoms with Gasteiger partial charge in [-0.2, -0.15) is 13.2 Å². The molecule has 1 aromatic carbocycles. The second-order valence-corrected chi connectivity index (χ2v) is 4.05. The SMILES string of the molecule is OCC[C@H](CC(O)c1ccc(F)cc1)C(F)(F)F. The Morgan fingerprint density at radius 3 is 2.11 bits per heavy atom. The van der Waals surface area contributed by atoms with Crippen LogP contribution < -0.4 is 0 Å². The molecule has 0 saturated heterocycles. The first-order chi connectivity index (χ1) is 8.34. The van der Waals surface area contributed by atoms with Gasteiger partial charge in [-0.05, 0) is 30.5 Å². The molecule has 0 saturated carbocycles. The van der Waals surface area contributed by atoms with Gasteiger partial charge in [0.15, 0.2) is 0 Å². The summed E-state index contributed by atoms with van der Waals surface area (Å²) in [6.45, 7) is -0.597. The third kappa shape index (κ3) is 4.27. The van der Waals surface area contributed by atoms with Crippen LogP contribution in [0, 0.1) is 11.7 Å². The second-order valence-electron chi connectivity index (χ2n) is 4.05. The van der Waals surface area contributed by atoms with Crippen LogP contribution in [0.15, 0.2) is 24.3 Å². The molecular weight excluding hydrogens is 252 g/mol. The van der Waals surface area contributed by atoms with E-state index >= 15 is 0 Å². The molecular formula is C12H14F4O2. The average Bonchev–Trinajstić information content (AvgIpc) is 2.28. The van der Waals surface area contributed by atoms with Crippen molar-refractivity contribution in [1.82, 2.24) is 0 Å². The standard InChI is InChI=1S/C12H14F4O2/c13-10-3-1-8(2-4-10)11(18)7-9(5-6-17)12(14,15)16/h1-4,9,11,17-18H,5-7H2/t9-,11?/m1/s1. The minimum Gasteiger partial charge on any atom is -0.396 e. The first kappa shape index (κ1) is 14.9. The highest BCUT2D eigenvalue weighted by Crippen LogP contribution is 2.35. The number of benzene rings is 1. The van der Waals surface area contributed by atoms with Crippen LogP contribution in [0.5, 0.6) is 0 Å². The lowest BCUT2D eigenvalue weighted by molar-refractivity contribution is -0.185. The molecule has 0 fully saturated rings. The highest BCUT2D eigenvalue weighted by molar-refractivity contribution is 5.18. The van der Waals surface area contributed by atoms with Crippen LogP contribution in [0.1, 0.15) is 24.5 Å². The highest BCUT2D eigenvalue weighted by Gasteiger charge is 2.40. The zero-order valence-electron chi connectivity index (χ0n) is 9.49. The quantitative estimate of drug-likeness (QED) is 0.804. The van der Waals surface area contributed by atoms with E-state index in [1.54, 1.807) is 0 Å². The summed E-state index contributed by atoms with van der Waals surface area (Å²) in [6.07, 6.45) is -6.80. The molecule has 2 atom stereocenters. The monoisotopic (exact) mass is 266 g/mol. The average molecular weight is 266 g/mol. The van der Waals surface area contributed by atoms with E-state index in [-0.39, 0.29) is 5.56 Å². The van der Waals surface area contributed by atoms with Crippen molar-refractivity contribution >= 4 is 0 Å². The van der Waals surface area contributed by atoms with E-state index < -0.39 is 43.5 Å². The van der Waals surface area contributed by atoms with Crippen molar-refractivity contribution in [2.75, 3.05) is 6.61 Å². The summed E-state index contributed by atoms with van der Waals surface area (Å²) in [6, 6.07) is 4.64. The molecule has 6 heteroatoms. The van der Waals surface area contributed by atoms with Crippen LogP contribution in [-0.4, -0.2) is 23.0 Å². The van der Waals surface area contributed by atoms with Gasteiger partial charge >= 0.3 is 6.18 Å². The predicted molar refractivity (Wildman–Crippen MR) is 57.2 cm³/mol. The molecule has 2 N–H and O–H groups in total. The first-order valence-electron chi connectivity index (χ1n) is 5.45. The molecule has 0 aliphatic carbocycles. The number of hydrogen-bond donors (Lipinski definition) is 2. The van der Waals surface area contributed by atoms with E-state index in [2.05, 4.69) is 0 Å². The van der Waals surface area contributed by atoms with Crippen molar-refractivity contribution in [2.45, 2.75) is 25.1 Å². The smallest absolute Gasteiger partial charge is 0.392 e. The maximum absolute atomic E-state index is 12.6. The molecule has 0 aromatic heterocycles. The number of rotatable bonds is 5. The molecule has 0 spiro atoms. The fourth-order valence-electron chi connectivity index (χ4n) is 1.66. The van der Waals surface area contributed by atoms with Gasteiger partial charge < -0.3 is 10.2 Å². The molecule has 0 radical (unpaired) electrons. The zero-order valence-corrected chi connectivity index (χ0v) is 9.49. The van der Waals surface area contributed by atoms with E-state index in [0.29, 0.717) is 0 Å². The Balaban J connectivity index is 2.72. The van der Waals surface area contributed by atoms with Gasteiger partial charge in [-0.3, -0.25) is 0 Å². The summed E-state index contributed by atoms with van der Waals surface area (Å²) >= 11 is 0. The summed E-state index contributed by atoms with van der Waals surface area (Å²) < 4.78 is 50.3. The Bertz CT molecular complexity index is 361. The summed E-state index contributed by atoms with van der Waals surface area (Å²) in [5, 5.41) is 18.3. The van der Waals surface area contributed by atoms with Crippen LogP contribution in [0.3, 0.4) is 0 Å². The minimum atomic E-state index is -4.47. The van der Waals surface area contributed by atoms with Crippen molar-refractivity contribution in [1.29, 1.82) is 0 Å². The molecule has 0 heterocycles. The second kappa shape index (κ2) is 6.15. The molecule has 2 nitrogen and oxygen atoms in total. The van der Waals surface area contributed by atoms with E-state index in [4.69, 9.17) is 5.11 Å². The molecule has 1 aromatic rings. The molecule has 0 amide bonds. The van der Waals surface area contributed by atoms with E-state index in [0.717, 1.165) is 12.1 Å². The fourth-order valence-corrected chi connectivity index (χ4v) is 1.66. The summed E-state index contributed by atoms with van der Waals surface area (Å²) in [4.78, 5) is 0. The predicted octanol–water partition coefficient (Wildman–Crippen LogP) is 2.81. The largest absolute Gasteiger partial charge is 0.396 e. The summed E-state index contributed by atoms with van der Waals surface area (Å²) in [5.74, 6) is -2.30. The van der Waals surface area contributed by atoms with Gasteiger partial charge in [0.2, 0.25) is 0 Å². The number of halogens is 4. The highest BCUT2D eigenvalue weighted by atomic mass is 19.4. The van der Waals surface area contributed by atoms with Gasteiger partial charge in [-0.25, -0.2) is 4.39 Å². The maximum Gasteiger partial charge on any atom is 0.392 e. The van der Waals surface area contributed by atoms with E-state index in [9.17, 15) is 22.7 Å². The van der Waals surface area contributed by atoms with Crippen LogP contribution in [0.25, 0.3) is 0 Å². The lowest BCUT2D eigenvalue weighted by atomic mass is 9.94. The van der Waals surface area contributed by atoms with Gasteiger partial charge in [-0.15, -0.1) is 0 Å². The van der Waals surface area contributed by atoms with Gasteiger partial charge in [0.25, 0.3) is 0 Å². The van der Waals surface area contributed by atoms with Crippen molar-refractivity contribution in [3.63, 3.8) is 0 Å². The Kier molecular flexibility index (Phi) is 5.10. The van der Waals surface area contributed by atoms with Crippen LogP contribution in [0.2, 0.25) is 0 Å². The Morgan fingerprint density at radius 1 is 1.11 bits per heavy atom. The third-order valence-corrected chi connectivity index (χ3v) is 2.70. The normalized spacial score (nSPS) is 15.4. The van der Waals surface area contributed by atoms with E-state index in [1.165, 1.54) is 12.1 Å². The molecule has 1 rings (SSSR count). The van der Waals surface area contributed by atoms with Crippen molar-refractivity contribution in [3.8, 4) is 0 Å². The number of aliphatic hydroxyl groups is 2. The van der Waals surface area contributed by atoms with Crippen LogP contribution >= 0.6 is 0 Å². The lowest BCUT2D eigenvalue weighted by Crippen LogP contribution is -2.26. The van der Waals surface area contributed by atoms with Crippen LogP contribution in [0.4, 0.5) is 17.6 Å². The summed E-state index contributed by atoms with van der Waals surface area (Å²) in [5.41, 5.74) is 0.226. The Labute approximate surface area is 102 Å². The maximum atomic E-state index is 12.6. The molecule has 0 aliphatic heterocycles. The van der Waals surface area contributed by atoms with Crippen molar-refractivity contribution in [3.05, 3.63) is 35.6 Å². The van der Waals surface area contributed by atoms with Gasteiger partial charge in [0.05, 0.1) is 12.0 Å². The van der Waals surface area contributed by atoms with Gasteiger partial charge in [-0.1, -0.05) is 12.1 Å². The molecule has 0 bridgehead atoms. The first-order valence-corrected chi connectivity index (χ1v) is 5.45. The van der Waals surface area contributed by atoms with Crippen molar-refractivity contribution < 1.29 is 27.8 Å². The van der Waals surface area contributed by atoms with Gasteiger partial charge in [0.1, 0.15) is 5.82 Å². The summed E-state index contributed by atoms with van der Waals surface area (Å²) in [7, 11) is 0. The van der Waals surface area contributed by atoms with E-state index in [1.807, 2.05) is 0 Å². The Morgan fingerprint density at radius 2 is 1.67 bits per heavy atom.